The summed E-state index contributed by atoms with van der Waals surface area (Å²) >= 11 is 0. The molecule has 0 aromatic carbocycles. The second kappa shape index (κ2) is 7.31. The molecule has 1 amide bonds. The van der Waals surface area contributed by atoms with E-state index in [4.69, 9.17) is 0 Å². The number of anilines is 1. The zero-order valence-electron chi connectivity index (χ0n) is 17.6. The van der Waals surface area contributed by atoms with Crippen molar-refractivity contribution in [2.75, 3.05) is 18.4 Å². The van der Waals surface area contributed by atoms with E-state index in [2.05, 4.69) is 15.5 Å². The first-order valence-electron chi connectivity index (χ1n) is 10.3. The minimum Gasteiger partial charge on any atom is -0.367 e. The third-order valence-electron chi connectivity index (χ3n) is 6.40. The Kier molecular flexibility index (Phi) is 5.06. The second-order valence-electron chi connectivity index (χ2n) is 8.69. The number of likely N-dealkylation sites (tertiary alicyclic amines) is 1. The van der Waals surface area contributed by atoms with Gasteiger partial charge in [0.05, 0.1) is 17.5 Å². The summed E-state index contributed by atoms with van der Waals surface area (Å²) in [6.45, 7) is 6.65. The van der Waals surface area contributed by atoms with Crippen LogP contribution in [0.5, 0.6) is 0 Å². The highest BCUT2D eigenvalue weighted by atomic mass is 19.4. The Morgan fingerprint density at radius 2 is 2.07 bits per heavy atom. The van der Waals surface area contributed by atoms with E-state index in [-0.39, 0.29) is 30.2 Å². The van der Waals surface area contributed by atoms with Crippen LogP contribution in [0.3, 0.4) is 0 Å². The van der Waals surface area contributed by atoms with Crippen LogP contribution >= 0.6 is 0 Å². The van der Waals surface area contributed by atoms with Gasteiger partial charge in [0.1, 0.15) is 5.82 Å². The first kappa shape index (κ1) is 20.7. The molecule has 0 bridgehead atoms. The predicted octanol–water partition coefficient (Wildman–Crippen LogP) is 3.50. The third-order valence-corrected chi connectivity index (χ3v) is 6.40. The van der Waals surface area contributed by atoms with Gasteiger partial charge in [-0.2, -0.15) is 23.4 Å². The molecule has 7 nitrogen and oxygen atoms in total. The number of alkyl halides is 3. The third kappa shape index (κ3) is 3.56. The Bertz CT molecular complexity index is 947. The first-order chi connectivity index (χ1) is 14.1. The summed E-state index contributed by atoms with van der Waals surface area (Å²) in [5.74, 6) is 0.296. The van der Waals surface area contributed by atoms with E-state index in [1.54, 1.807) is 28.9 Å². The van der Waals surface area contributed by atoms with Crippen molar-refractivity contribution < 1.29 is 18.0 Å². The molecule has 1 fully saturated rings. The van der Waals surface area contributed by atoms with Crippen molar-refractivity contribution >= 4 is 11.7 Å². The van der Waals surface area contributed by atoms with E-state index in [0.29, 0.717) is 36.6 Å². The van der Waals surface area contributed by atoms with Crippen LogP contribution < -0.4 is 5.32 Å². The molecule has 30 heavy (non-hydrogen) atoms. The summed E-state index contributed by atoms with van der Waals surface area (Å²) in [4.78, 5) is 14.6. The lowest BCUT2D eigenvalue weighted by Crippen LogP contribution is -2.41. The summed E-state index contributed by atoms with van der Waals surface area (Å²) in [6.07, 6.45) is -2.16. The van der Waals surface area contributed by atoms with Gasteiger partial charge in [0.2, 0.25) is 0 Å². The standard InChI is InChI=1S/C20H27F3N6O/c1-11(2)15-7-17(20(21,22)23)29-18(25-15)8-16(26-29)13-5-6-28(10-13)19(30)14-9-24-27(4)12(14)3/h8-9,11,13,15,17,25H,5-7,10H2,1-4H3/t13-,15+,17-/m1/s1. The lowest BCUT2D eigenvalue weighted by molar-refractivity contribution is -0.174. The van der Waals surface area contributed by atoms with Crippen LogP contribution in [-0.4, -0.2) is 55.7 Å². The lowest BCUT2D eigenvalue weighted by atomic mass is 9.94. The maximum Gasteiger partial charge on any atom is 0.410 e. The van der Waals surface area contributed by atoms with Crippen LogP contribution in [0.25, 0.3) is 0 Å². The average Bonchev–Trinajstić information content (AvgIpc) is 3.38. The van der Waals surface area contributed by atoms with E-state index in [9.17, 15) is 18.0 Å². The fraction of sp³-hybridized carbons (Fsp3) is 0.650. The molecule has 3 atom stereocenters. The number of carbonyl (C=O) groups excluding carboxylic acids is 1. The minimum absolute atomic E-state index is 0.0369. The molecule has 2 aromatic heterocycles. The molecule has 164 valence electrons. The molecule has 1 saturated heterocycles. The van der Waals surface area contributed by atoms with Gasteiger partial charge >= 0.3 is 6.18 Å². The van der Waals surface area contributed by atoms with Gasteiger partial charge in [0.25, 0.3) is 5.91 Å². The van der Waals surface area contributed by atoms with Crippen molar-refractivity contribution in [1.29, 1.82) is 0 Å². The van der Waals surface area contributed by atoms with Crippen LogP contribution in [0, 0.1) is 12.8 Å². The van der Waals surface area contributed by atoms with Crippen molar-refractivity contribution in [3.63, 3.8) is 0 Å². The number of hydrogen-bond acceptors (Lipinski definition) is 4. The van der Waals surface area contributed by atoms with E-state index in [1.165, 1.54) is 0 Å². The highest BCUT2D eigenvalue weighted by Crippen LogP contribution is 2.42. The van der Waals surface area contributed by atoms with E-state index in [0.717, 1.165) is 10.4 Å². The Hall–Kier alpha value is -2.52. The highest BCUT2D eigenvalue weighted by Gasteiger charge is 2.47. The number of carbonyl (C=O) groups is 1. The minimum atomic E-state index is -4.36. The SMILES string of the molecule is Cc1c(C(=O)N2CC[C@@H](c3cc4n(n3)[C@@H](C(F)(F)F)C[C@@H](C(C)C)N4)C2)cnn1C. The van der Waals surface area contributed by atoms with Gasteiger partial charge in [-0.1, -0.05) is 13.8 Å². The molecule has 0 radical (unpaired) electrons. The van der Waals surface area contributed by atoms with Gasteiger partial charge in [0.15, 0.2) is 6.04 Å². The Morgan fingerprint density at radius 1 is 1.33 bits per heavy atom. The summed E-state index contributed by atoms with van der Waals surface area (Å²) in [5, 5.41) is 11.7. The van der Waals surface area contributed by atoms with Crippen LogP contribution in [0.15, 0.2) is 12.3 Å². The topological polar surface area (TPSA) is 68.0 Å². The molecule has 0 aliphatic carbocycles. The van der Waals surface area contributed by atoms with Crippen LogP contribution in [0.2, 0.25) is 0 Å². The summed E-state index contributed by atoms with van der Waals surface area (Å²) in [7, 11) is 1.78. The van der Waals surface area contributed by atoms with Crippen molar-refractivity contribution in [3.8, 4) is 0 Å². The number of rotatable bonds is 3. The van der Waals surface area contributed by atoms with E-state index in [1.807, 2.05) is 20.8 Å². The van der Waals surface area contributed by atoms with Crippen LogP contribution in [0.4, 0.5) is 19.0 Å². The van der Waals surface area contributed by atoms with E-state index >= 15 is 0 Å². The summed E-state index contributed by atoms with van der Waals surface area (Å²) < 4.78 is 43.8. The molecule has 10 heteroatoms. The number of nitrogens with one attached hydrogen (secondary N) is 1. The number of aromatic nitrogens is 4. The maximum atomic E-state index is 13.7. The summed E-state index contributed by atoms with van der Waals surface area (Å²) in [6, 6.07) is -0.169. The average molecular weight is 424 g/mol. The Morgan fingerprint density at radius 3 is 2.67 bits per heavy atom. The number of aryl methyl sites for hydroxylation is 1. The fourth-order valence-corrected chi connectivity index (χ4v) is 4.32. The van der Waals surface area contributed by atoms with E-state index < -0.39 is 12.2 Å². The monoisotopic (exact) mass is 424 g/mol. The predicted molar refractivity (Wildman–Crippen MR) is 105 cm³/mol. The van der Waals surface area contributed by atoms with Crippen LogP contribution in [-0.2, 0) is 7.05 Å². The molecule has 0 spiro atoms. The molecule has 2 aliphatic heterocycles. The molecule has 4 rings (SSSR count). The summed E-state index contributed by atoms with van der Waals surface area (Å²) in [5.41, 5.74) is 1.95. The van der Waals surface area contributed by atoms with Crippen molar-refractivity contribution in [3.05, 3.63) is 29.2 Å². The van der Waals surface area contributed by atoms with Crippen molar-refractivity contribution in [2.24, 2.45) is 13.0 Å². The van der Waals surface area contributed by atoms with Gasteiger partial charge in [-0.25, -0.2) is 4.68 Å². The van der Waals surface area contributed by atoms with Gasteiger partial charge in [-0.15, -0.1) is 0 Å². The smallest absolute Gasteiger partial charge is 0.367 e. The highest BCUT2D eigenvalue weighted by molar-refractivity contribution is 5.95. The quantitative estimate of drug-likeness (QED) is 0.819. The molecule has 0 saturated carbocycles. The largest absolute Gasteiger partial charge is 0.410 e. The van der Waals surface area contributed by atoms with Gasteiger partial charge < -0.3 is 10.2 Å². The van der Waals surface area contributed by atoms with Gasteiger partial charge in [-0.3, -0.25) is 9.48 Å². The zero-order chi connectivity index (χ0) is 21.8. The Balaban J connectivity index is 1.55. The number of hydrogen-bond donors (Lipinski definition) is 1. The van der Waals surface area contributed by atoms with Crippen LogP contribution in [0.1, 0.15) is 60.4 Å². The molecule has 0 unspecified atom stereocenters. The normalized spacial score (nSPS) is 24.3. The molecule has 2 aromatic rings. The fourth-order valence-electron chi connectivity index (χ4n) is 4.32. The maximum absolute atomic E-state index is 13.7. The second-order valence-corrected chi connectivity index (χ2v) is 8.69. The van der Waals surface area contributed by atoms with Crippen molar-refractivity contribution in [1.82, 2.24) is 24.5 Å². The first-order valence-corrected chi connectivity index (χ1v) is 10.3. The number of fused-ring (bicyclic) bond motifs is 1. The molecule has 4 heterocycles. The van der Waals surface area contributed by atoms with Crippen molar-refractivity contribution in [2.45, 2.75) is 57.8 Å². The lowest BCUT2D eigenvalue weighted by Gasteiger charge is -2.35. The Labute approximate surface area is 173 Å². The number of amides is 1. The molecule has 1 N–H and O–H groups in total. The van der Waals surface area contributed by atoms with Gasteiger partial charge in [0, 0.05) is 43.9 Å². The molecular weight excluding hydrogens is 397 g/mol. The van der Waals surface area contributed by atoms with Gasteiger partial charge in [-0.05, 0) is 25.7 Å². The molecule has 2 aliphatic rings. The zero-order valence-corrected chi connectivity index (χ0v) is 17.6. The number of nitrogens with zero attached hydrogens (tertiary/aromatic N) is 5. The number of halogens is 3. The molecular formula is C20H27F3N6O.